The van der Waals surface area contributed by atoms with Gasteiger partial charge >= 0.3 is 0 Å². The molecule has 0 bridgehead atoms. The van der Waals surface area contributed by atoms with E-state index >= 15 is 0 Å². The molecule has 4 heterocycles. The van der Waals surface area contributed by atoms with Gasteiger partial charge in [-0.25, -0.2) is 4.98 Å². The Balaban J connectivity index is 1.28. The molecule has 2 aliphatic heterocycles. The van der Waals surface area contributed by atoms with Crippen molar-refractivity contribution >= 4 is 38.8 Å². The summed E-state index contributed by atoms with van der Waals surface area (Å²) in [5, 5.41) is 15.2. The van der Waals surface area contributed by atoms with E-state index < -0.39 is 0 Å². The van der Waals surface area contributed by atoms with Gasteiger partial charge in [0.15, 0.2) is 0 Å². The fourth-order valence-corrected chi connectivity index (χ4v) is 5.06. The summed E-state index contributed by atoms with van der Waals surface area (Å²) >= 11 is 2.87. The van der Waals surface area contributed by atoms with Crippen molar-refractivity contribution in [1.82, 2.24) is 15.2 Å². The van der Waals surface area contributed by atoms with Crippen LogP contribution in [0, 0.1) is 0 Å². The van der Waals surface area contributed by atoms with Gasteiger partial charge in [0, 0.05) is 30.5 Å². The zero-order valence-electron chi connectivity index (χ0n) is 15.2. The molecule has 1 fully saturated rings. The van der Waals surface area contributed by atoms with Crippen molar-refractivity contribution in [3.05, 3.63) is 34.8 Å². The monoisotopic (exact) mass is 413 g/mol. The lowest BCUT2D eigenvalue weighted by Gasteiger charge is -2.25. The number of nitrogens with one attached hydrogen (secondary N) is 1. The van der Waals surface area contributed by atoms with Gasteiger partial charge in [-0.3, -0.25) is 10.1 Å². The first-order chi connectivity index (χ1) is 13.8. The summed E-state index contributed by atoms with van der Waals surface area (Å²) in [7, 11) is 0. The summed E-state index contributed by atoms with van der Waals surface area (Å²) in [5.74, 6) is 0.687. The molecule has 0 radical (unpaired) electrons. The van der Waals surface area contributed by atoms with E-state index in [2.05, 4.69) is 31.5 Å². The molecular formula is C19H19N5O2S2. The molecule has 2 aromatic heterocycles. The molecule has 7 nitrogen and oxygen atoms in total. The van der Waals surface area contributed by atoms with Crippen molar-refractivity contribution in [2.45, 2.75) is 25.7 Å². The van der Waals surface area contributed by atoms with Crippen LogP contribution in [0.5, 0.6) is 5.75 Å². The van der Waals surface area contributed by atoms with Gasteiger partial charge in [-0.15, -0.1) is 21.5 Å². The summed E-state index contributed by atoms with van der Waals surface area (Å²) in [4.78, 5) is 19.3. The number of carbonyl (C=O) groups is 1. The lowest BCUT2D eigenvalue weighted by Crippen LogP contribution is -2.29. The maximum Gasteiger partial charge on any atom is 0.276 e. The summed E-state index contributed by atoms with van der Waals surface area (Å²) in [6.07, 6.45) is 4.54. The average molecular weight is 414 g/mol. The second kappa shape index (κ2) is 7.48. The van der Waals surface area contributed by atoms with Gasteiger partial charge < -0.3 is 9.64 Å². The van der Waals surface area contributed by atoms with Gasteiger partial charge in [0.1, 0.15) is 16.5 Å². The Bertz CT molecular complexity index is 1010. The van der Waals surface area contributed by atoms with E-state index in [4.69, 9.17) is 4.74 Å². The summed E-state index contributed by atoms with van der Waals surface area (Å²) in [6, 6.07) is 6.06. The zero-order valence-corrected chi connectivity index (χ0v) is 16.8. The van der Waals surface area contributed by atoms with Crippen molar-refractivity contribution in [3.63, 3.8) is 0 Å². The Kier molecular flexibility index (Phi) is 4.69. The van der Waals surface area contributed by atoms with E-state index in [1.165, 1.54) is 47.5 Å². The number of aromatic nitrogens is 3. The van der Waals surface area contributed by atoms with Crippen LogP contribution in [0.3, 0.4) is 0 Å². The number of thiazole rings is 1. The highest BCUT2D eigenvalue weighted by atomic mass is 32.1. The van der Waals surface area contributed by atoms with Crippen molar-refractivity contribution in [2.24, 2.45) is 0 Å². The Morgan fingerprint density at radius 2 is 2.07 bits per heavy atom. The van der Waals surface area contributed by atoms with Crippen molar-refractivity contribution in [3.8, 4) is 16.3 Å². The summed E-state index contributed by atoms with van der Waals surface area (Å²) in [5.41, 5.74) is 2.60. The number of nitrogens with zero attached hydrogens (tertiary/aromatic N) is 4. The van der Waals surface area contributed by atoms with E-state index in [0.717, 1.165) is 47.6 Å². The molecule has 1 amide bonds. The first-order valence-electron chi connectivity index (χ1n) is 9.38. The quantitative estimate of drug-likeness (QED) is 0.700. The predicted octanol–water partition coefficient (Wildman–Crippen LogP) is 3.84. The molecule has 1 N–H and O–H groups in total. The standard InChI is InChI=1S/C19H19N5O2S2/c25-16(21-18-22-23-19(28-18)24-7-2-1-3-8-24)14-11-27-17(20-14)13-4-5-15-12(10-13)6-9-26-15/h4-5,10-11H,1-3,6-9H2,(H,21,22,25). The molecule has 0 aliphatic carbocycles. The van der Waals surface area contributed by atoms with Crippen molar-refractivity contribution < 1.29 is 9.53 Å². The van der Waals surface area contributed by atoms with Gasteiger partial charge in [-0.05, 0) is 43.0 Å². The molecule has 1 aromatic carbocycles. The number of ether oxygens (including phenoxy) is 1. The predicted molar refractivity (Wildman–Crippen MR) is 111 cm³/mol. The Labute approximate surface area is 170 Å². The van der Waals surface area contributed by atoms with Gasteiger partial charge in [-0.2, -0.15) is 0 Å². The third kappa shape index (κ3) is 3.47. The number of hydrogen-bond acceptors (Lipinski definition) is 8. The van der Waals surface area contributed by atoms with E-state index in [1.807, 2.05) is 12.1 Å². The molecular weight excluding hydrogens is 394 g/mol. The van der Waals surface area contributed by atoms with Crippen LogP contribution < -0.4 is 15.0 Å². The lowest BCUT2D eigenvalue weighted by atomic mass is 10.1. The highest BCUT2D eigenvalue weighted by Gasteiger charge is 2.19. The molecule has 0 spiro atoms. The molecule has 0 atom stereocenters. The number of carbonyl (C=O) groups excluding carboxylic acids is 1. The van der Waals surface area contributed by atoms with E-state index in [-0.39, 0.29) is 5.91 Å². The third-order valence-electron chi connectivity index (χ3n) is 4.93. The summed E-state index contributed by atoms with van der Waals surface area (Å²) in [6.45, 7) is 2.74. The van der Waals surface area contributed by atoms with Crippen molar-refractivity contribution in [2.75, 3.05) is 29.9 Å². The molecule has 0 saturated carbocycles. The highest BCUT2D eigenvalue weighted by Crippen LogP contribution is 2.32. The maximum absolute atomic E-state index is 12.6. The largest absolute Gasteiger partial charge is 0.493 e. The van der Waals surface area contributed by atoms with E-state index in [1.54, 1.807) is 5.38 Å². The lowest BCUT2D eigenvalue weighted by molar-refractivity contribution is 0.102. The van der Waals surface area contributed by atoms with Crippen LogP contribution in [0.15, 0.2) is 23.6 Å². The number of rotatable bonds is 4. The summed E-state index contributed by atoms with van der Waals surface area (Å²) < 4.78 is 5.55. The van der Waals surface area contributed by atoms with Crippen LogP contribution in [0.25, 0.3) is 10.6 Å². The Hall–Kier alpha value is -2.52. The van der Waals surface area contributed by atoms with Crippen LogP contribution in [-0.4, -0.2) is 40.8 Å². The van der Waals surface area contributed by atoms with Gasteiger partial charge in [-0.1, -0.05) is 11.3 Å². The number of anilines is 2. The first kappa shape index (κ1) is 17.6. The van der Waals surface area contributed by atoms with Gasteiger partial charge in [0.25, 0.3) is 5.91 Å². The van der Waals surface area contributed by atoms with Crippen LogP contribution in [0.4, 0.5) is 10.3 Å². The normalized spacial score (nSPS) is 15.9. The van der Waals surface area contributed by atoms with Crippen LogP contribution in [0.2, 0.25) is 0 Å². The maximum atomic E-state index is 12.6. The molecule has 5 rings (SSSR count). The van der Waals surface area contributed by atoms with Crippen molar-refractivity contribution in [1.29, 1.82) is 0 Å². The molecule has 0 unspecified atom stereocenters. The number of fused-ring (bicyclic) bond motifs is 1. The van der Waals surface area contributed by atoms with E-state index in [0.29, 0.717) is 10.8 Å². The minimum absolute atomic E-state index is 0.256. The van der Waals surface area contributed by atoms with Crippen LogP contribution in [0.1, 0.15) is 35.3 Å². The smallest absolute Gasteiger partial charge is 0.276 e. The van der Waals surface area contributed by atoms with E-state index in [9.17, 15) is 4.79 Å². The minimum atomic E-state index is -0.256. The van der Waals surface area contributed by atoms with Crippen LogP contribution >= 0.6 is 22.7 Å². The molecule has 9 heteroatoms. The molecule has 2 aliphatic rings. The average Bonchev–Trinajstić information content (AvgIpc) is 3.48. The molecule has 28 heavy (non-hydrogen) atoms. The number of piperidine rings is 1. The highest BCUT2D eigenvalue weighted by molar-refractivity contribution is 7.19. The SMILES string of the molecule is O=C(Nc1nnc(N2CCCCC2)s1)c1csc(-c2ccc3c(c2)CCO3)n1. The fourth-order valence-electron chi connectivity index (χ4n) is 3.47. The molecule has 1 saturated heterocycles. The number of hydrogen-bond donors (Lipinski definition) is 1. The second-order valence-electron chi connectivity index (χ2n) is 6.85. The van der Waals surface area contributed by atoms with Gasteiger partial charge in [0.2, 0.25) is 10.3 Å². The third-order valence-corrected chi connectivity index (χ3v) is 6.73. The molecule has 144 valence electrons. The van der Waals surface area contributed by atoms with Crippen LogP contribution in [-0.2, 0) is 6.42 Å². The minimum Gasteiger partial charge on any atom is -0.493 e. The molecule has 3 aromatic rings. The number of benzene rings is 1. The van der Waals surface area contributed by atoms with Gasteiger partial charge in [0.05, 0.1) is 6.61 Å². The number of amides is 1. The zero-order chi connectivity index (χ0) is 18.9. The first-order valence-corrected chi connectivity index (χ1v) is 11.1. The Morgan fingerprint density at radius 3 is 2.96 bits per heavy atom. The Morgan fingerprint density at radius 1 is 1.18 bits per heavy atom. The topological polar surface area (TPSA) is 80.2 Å². The fraction of sp³-hybridized carbons (Fsp3) is 0.368. The second-order valence-corrected chi connectivity index (χ2v) is 8.66.